The molecular weight excluding hydrogens is 378 g/mol. The second-order valence-corrected chi connectivity index (χ2v) is 7.84. The number of aromatic nitrogens is 1. The number of carbonyl (C=O) groups excluding carboxylic acids is 2. The van der Waals surface area contributed by atoms with Crippen LogP contribution >= 0.6 is 0 Å². The molecule has 1 aliphatic rings. The number of nitrogens with one attached hydrogen (secondary N) is 1. The normalized spacial score (nSPS) is 14.1. The van der Waals surface area contributed by atoms with Crippen molar-refractivity contribution in [3.8, 4) is 0 Å². The Morgan fingerprint density at radius 1 is 1.07 bits per heavy atom. The average molecular weight is 410 g/mol. The lowest BCUT2D eigenvalue weighted by Crippen LogP contribution is -2.49. The Labute approximate surface area is 178 Å². The van der Waals surface area contributed by atoms with Crippen LogP contribution in [0.1, 0.15) is 17.5 Å². The van der Waals surface area contributed by atoms with Gasteiger partial charge in [-0.2, -0.15) is 0 Å². The summed E-state index contributed by atoms with van der Waals surface area (Å²) in [7, 11) is 1.87. The molecule has 0 saturated carbocycles. The lowest BCUT2D eigenvalue weighted by atomic mass is 10.1. The van der Waals surface area contributed by atoms with Crippen LogP contribution in [0.5, 0.6) is 0 Å². The highest BCUT2D eigenvalue weighted by atomic mass is 16.2. The van der Waals surface area contributed by atoms with Gasteiger partial charge in [0.1, 0.15) is 5.82 Å². The molecular formula is C23H31N5O2. The number of hydrogen-bond donors (Lipinski definition) is 1. The van der Waals surface area contributed by atoms with Crippen molar-refractivity contribution >= 4 is 23.3 Å². The first-order chi connectivity index (χ1) is 14.4. The van der Waals surface area contributed by atoms with Crippen molar-refractivity contribution in [2.24, 2.45) is 0 Å². The fourth-order valence-electron chi connectivity index (χ4n) is 3.57. The van der Waals surface area contributed by atoms with Gasteiger partial charge in [-0.1, -0.05) is 18.2 Å². The van der Waals surface area contributed by atoms with Gasteiger partial charge in [0.15, 0.2) is 0 Å². The van der Waals surface area contributed by atoms with E-state index in [2.05, 4.69) is 15.2 Å². The summed E-state index contributed by atoms with van der Waals surface area (Å²) in [6.45, 7) is 7.82. The van der Waals surface area contributed by atoms with E-state index in [1.54, 1.807) is 6.20 Å². The van der Waals surface area contributed by atoms with Crippen molar-refractivity contribution in [2.45, 2.75) is 20.3 Å². The van der Waals surface area contributed by atoms with Gasteiger partial charge >= 0.3 is 0 Å². The molecule has 1 saturated heterocycles. The van der Waals surface area contributed by atoms with Crippen LogP contribution < -0.4 is 10.2 Å². The minimum absolute atomic E-state index is 0.0670. The third kappa shape index (κ3) is 5.79. The number of likely N-dealkylation sites (N-methyl/N-ethyl adjacent to an activating group) is 1. The van der Waals surface area contributed by atoms with Crippen LogP contribution in [0.15, 0.2) is 42.6 Å². The zero-order valence-electron chi connectivity index (χ0n) is 18.1. The lowest BCUT2D eigenvalue weighted by Gasteiger charge is -2.35. The molecule has 2 aromatic rings. The van der Waals surface area contributed by atoms with Crippen molar-refractivity contribution < 1.29 is 9.59 Å². The first-order valence-corrected chi connectivity index (χ1v) is 10.4. The molecule has 0 atom stereocenters. The number of anilines is 2. The number of pyridine rings is 1. The number of aryl methyl sites for hydroxylation is 1. The van der Waals surface area contributed by atoms with E-state index in [4.69, 9.17) is 0 Å². The molecule has 2 heterocycles. The van der Waals surface area contributed by atoms with Gasteiger partial charge in [0.2, 0.25) is 11.8 Å². The van der Waals surface area contributed by atoms with Crippen molar-refractivity contribution in [3.05, 3.63) is 53.7 Å². The molecule has 30 heavy (non-hydrogen) atoms. The van der Waals surface area contributed by atoms with E-state index in [0.717, 1.165) is 35.7 Å². The highest BCUT2D eigenvalue weighted by Crippen LogP contribution is 2.18. The molecule has 1 aliphatic heterocycles. The second-order valence-electron chi connectivity index (χ2n) is 7.84. The van der Waals surface area contributed by atoms with Crippen molar-refractivity contribution in [1.82, 2.24) is 14.8 Å². The largest absolute Gasteiger partial charge is 0.353 e. The predicted molar refractivity (Wildman–Crippen MR) is 120 cm³/mol. The van der Waals surface area contributed by atoms with Gasteiger partial charge in [0, 0.05) is 51.0 Å². The Bertz CT molecular complexity index is 863. The van der Waals surface area contributed by atoms with E-state index in [9.17, 15) is 9.59 Å². The van der Waals surface area contributed by atoms with E-state index < -0.39 is 0 Å². The molecule has 1 fully saturated rings. The van der Waals surface area contributed by atoms with Crippen LogP contribution in [-0.4, -0.2) is 72.9 Å². The Balaban J connectivity index is 1.39. The standard InChI is InChI=1S/C23H31N5O2/c1-18-7-6-8-20(19(18)2)25-22(29)17-26(3)12-10-23(30)28-15-13-27(14-16-28)21-9-4-5-11-24-21/h4-9,11H,10,12-17H2,1-3H3,(H,25,29). The Hall–Kier alpha value is -2.93. The van der Waals surface area contributed by atoms with Crippen LogP contribution in [0.3, 0.4) is 0 Å². The molecule has 160 valence electrons. The minimum atomic E-state index is -0.0670. The third-order valence-corrected chi connectivity index (χ3v) is 5.61. The zero-order chi connectivity index (χ0) is 21.5. The fraction of sp³-hybridized carbons (Fsp3) is 0.435. The Morgan fingerprint density at radius 2 is 1.83 bits per heavy atom. The summed E-state index contributed by atoms with van der Waals surface area (Å²) in [6, 6.07) is 11.8. The predicted octanol–water partition coefficient (Wildman–Crippen LogP) is 2.31. The van der Waals surface area contributed by atoms with E-state index in [1.807, 2.05) is 67.1 Å². The number of rotatable bonds is 7. The quantitative estimate of drug-likeness (QED) is 0.760. The highest BCUT2D eigenvalue weighted by molar-refractivity contribution is 5.93. The second kappa shape index (κ2) is 10.2. The molecule has 1 aromatic carbocycles. The number of carbonyl (C=O) groups is 2. The molecule has 1 N–H and O–H groups in total. The maximum Gasteiger partial charge on any atom is 0.238 e. The molecule has 0 bridgehead atoms. The van der Waals surface area contributed by atoms with Gasteiger partial charge in [-0.05, 0) is 50.2 Å². The first-order valence-electron chi connectivity index (χ1n) is 10.4. The van der Waals surface area contributed by atoms with E-state index >= 15 is 0 Å². The molecule has 0 aliphatic carbocycles. The maximum atomic E-state index is 12.6. The lowest BCUT2D eigenvalue weighted by molar-refractivity contribution is -0.132. The van der Waals surface area contributed by atoms with Gasteiger partial charge in [0.25, 0.3) is 0 Å². The summed E-state index contributed by atoms with van der Waals surface area (Å²) in [6.07, 6.45) is 2.20. The van der Waals surface area contributed by atoms with Crippen LogP contribution in [0.25, 0.3) is 0 Å². The van der Waals surface area contributed by atoms with E-state index in [0.29, 0.717) is 26.1 Å². The van der Waals surface area contributed by atoms with Gasteiger partial charge in [0.05, 0.1) is 6.54 Å². The number of piperazine rings is 1. The molecule has 1 aromatic heterocycles. The Morgan fingerprint density at radius 3 is 2.53 bits per heavy atom. The molecule has 0 radical (unpaired) electrons. The summed E-state index contributed by atoms with van der Waals surface area (Å²) in [5.41, 5.74) is 3.07. The molecule has 7 nitrogen and oxygen atoms in total. The van der Waals surface area contributed by atoms with Crippen molar-refractivity contribution in [1.29, 1.82) is 0 Å². The fourth-order valence-corrected chi connectivity index (χ4v) is 3.57. The highest BCUT2D eigenvalue weighted by Gasteiger charge is 2.22. The minimum Gasteiger partial charge on any atom is -0.353 e. The van der Waals surface area contributed by atoms with Gasteiger partial charge in [-0.15, -0.1) is 0 Å². The average Bonchev–Trinajstić information content (AvgIpc) is 2.76. The number of amides is 2. The Kier molecular flexibility index (Phi) is 7.41. The van der Waals surface area contributed by atoms with Crippen LogP contribution in [-0.2, 0) is 9.59 Å². The van der Waals surface area contributed by atoms with Crippen LogP contribution in [0.4, 0.5) is 11.5 Å². The first kappa shape index (κ1) is 21.8. The van der Waals surface area contributed by atoms with Gasteiger partial charge in [-0.3, -0.25) is 14.5 Å². The maximum absolute atomic E-state index is 12.6. The molecule has 0 spiro atoms. The van der Waals surface area contributed by atoms with Crippen molar-refractivity contribution in [2.75, 3.05) is 56.5 Å². The number of nitrogens with zero attached hydrogens (tertiary/aromatic N) is 4. The molecule has 2 amide bonds. The zero-order valence-corrected chi connectivity index (χ0v) is 18.1. The number of benzene rings is 1. The molecule has 7 heteroatoms. The summed E-state index contributed by atoms with van der Waals surface area (Å²) in [5.74, 6) is 1.03. The van der Waals surface area contributed by atoms with Crippen molar-refractivity contribution in [3.63, 3.8) is 0 Å². The molecule has 3 rings (SSSR count). The topological polar surface area (TPSA) is 68.8 Å². The smallest absolute Gasteiger partial charge is 0.238 e. The number of hydrogen-bond acceptors (Lipinski definition) is 5. The monoisotopic (exact) mass is 409 g/mol. The van der Waals surface area contributed by atoms with Gasteiger partial charge in [-0.25, -0.2) is 4.98 Å². The van der Waals surface area contributed by atoms with E-state index in [1.165, 1.54) is 0 Å². The summed E-state index contributed by atoms with van der Waals surface area (Å²) < 4.78 is 0. The van der Waals surface area contributed by atoms with Crippen LogP contribution in [0, 0.1) is 13.8 Å². The summed E-state index contributed by atoms with van der Waals surface area (Å²) >= 11 is 0. The third-order valence-electron chi connectivity index (χ3n) is 5.61. The van der Waals surface area contributed by atoms with Gasteiger partial charge < -0.3 is 15.1 Å². The van der Waals surface area contributed by atoms with Crippen LogP contribution in [0.2, 0.25) is 0 Å². The summed E-state index contributed by atoms with van der Waals surface area (Å²) in [4.78, 5) is 35.3. The summed E-state index contributed by atoms with van der Waals surface area (Å²) in [5, 5.41) is 2.97. The molecule has 0 unspecified atom stereocenters. The van der Waals surface area contributed by atoms with E-state index in [-0.39, 0.29) is 18.4 Å². The SMILES string of the molecule is Cc1cccc(NC(=O)CN(C)CCC(=O)N2CCN(c3ccccn3)CC2)c1C.